The molecule has 0 fully saturated rings. The monoisotopic (exact) mass is 466 g/mol. The highest BCUT2D eigenvalue weighted by Crippen LogP contribution is 2.26. The largest absolute Gasteiger partial charge is 0.465 e. The van der Waals surface area contributed by atoms with E-state index in [0.717, 1.165) is 51.2 Å². The van der Waals surface area contributed by atoms with Gasteiger partial charge in [-0.3, -0.25) is 4.79 Å². The number of ether oxygens (including phenoxy) is 1. The molecule has 0 unspecified atom stereocenters. The van der Waals surface area contributed by atoms with Crippen LogP contribution in [-0.2, 0) is 22.5 Å². The first-order valence-electron chi connectivity index (χ1n) is 11.7. The molecule has 0 radical (unpaired) electrons. The summed E-state index contributed by atoms with van der Waals surface area (Å²) in [6, 6.07) is 21.8. The molecule has 0 bridgehead atoms. The fourth-order valence-electron chi connectivity index (χ4n) is 4.48. The summed E-state index contributed by atoms with van der Waals surface area (Å²) in [5.41, 5.74) is 9.92. The van der Waals surface area contributed by atoms with Crippen LogP contribution in [0.2, 0.25) is 0 Å². The van der Waals surface area contributed by atoms with Crippen molar-refractivity contribution >= 4 is 28.6 Å². The van der Waals surface area contributed by atoms with E-state index in [0.29, 0.717) is 24.9 Å². The fourth-order valence-corrected chi connectivity index (χ4v) is 4.48. The zero-order valence-electron chi connectivity index (χ0n) is 19.7. The van der Waals surface area contributed by atoms with E-state index in [1.807, 2.05) is 42.5 Å². The average Bonchev–Trinajstić information content (AvgIpc) is 3.25. The van der Waals surface area contributed by atoms with Crippen molar-refractivity contribution < 1.29 is 14.3 Å². The number of aromatic nitrogens is 2. The van der Waals surface area contributed by atoms with Gasteiger partial charge in [-0.25, -0.2) is 15.2 Å². The van der Waals surface area contributed by atoms with Crippen molar-refractivity contribution in [1.82, 2.24) is 15.0 Å². The van der Waals surface area contributed by atoms with Gasteiger partial charge < -0.3 is 9.30 Å². The van der Waals surface area contributed by atoms with Crippen molar-refractivity contribution in [2.75, 3.05) is 7.11 Å². The SMILES string of the molecule is CCc1nc2ccc(C3=NNC(=O)CC3)cc2n1Cc1ccc(-c2ccccc2C(=O)OC)cc1. The van der Waals surface area contributed by atoms with Crippen LogP contribution in [0.15, 0.2) is 71.8 Å². The number of nitrogens with one attached hydrogen (secondary N) is 1. The topological polar surface area (TPSA) is 85.6 Å². The smallest absolute Gasteiger partial charge is 0.338 e. The number of aryl methyl sites for hydroxylation is 1. The van der Waals surface area contributed by atoms with E-state index < -0.39 is 0 Å². The molecular formula is C28H26N4O3. The zero-order chi connectivity index (χ0) is 24.4. The molecule has 3 aromatic carbocycles. The van der Waals surface area contributed by atoms with E-state index in [4.69, 9.17) is 9.72 Å². The number of fused-ring (bicyclic) bond motifs is 1. The maximum absolute atomic E-state index is 12.2. The van der Waals surface area contributed by atoms with Gasteiger partial charge in [0.2, 0.25) is 5.91 Å². The van der Waals surface area contributed by atoms with Crippen LogP contribution in [0.25, 0.3) is 22.2 Å². The van der Waals surface area contributed by atoms with Gasteiger partial charge in [-0.15, -0.1) is 0 Å². The average molecular weight is 467 g/mol. The molecule has 1 N–H and O–H groups in total. The number of methoxy groups -OCH3 is 1. The molecule has 0 aliphatic carbocycles. The lowest BCUT2D eigenvalue weighted by molar-refractivity contribution is -0.121. The first-order chi connectivity index (χ1) is 17.1. The van der Waals surface area contributed by atoms with Crippen LogP contribution in [0.3, 0.4) is 0 Å². The van der Waals surface area contributed by atoms with Gasteiger partial charge in [0.05, 0.1) is 29.4 Å². The summed E-state index contributed by atoms with van der Waals surface area (Å²) in [6.45, 7) is 2.78. The molecule has 1 aliphatic heterocycles. The number of imidazole rings is 1. The summed E-state index contributed by atoms with van der Waals surface area (Å²) >= 11 is 0. The van der Waals surface area contributed by atoms with Crippen molar-refractivity contribution in [3.8, 4) is 11.1 Å². The first-order valence-corrected chi connectivity index (χ1v) is 11.7. The third kappa shape index (κ3) is 4.45. The number of benzene rings is 3. The summed E-state index contributed by atoms with van der Waals surface area (Å²) < 4.78 is 7.17. The molecule has 0 saturated heterocycles. The summed E-state index contributed by atoms with van der Waals surface area (Å²) in [4.78, 5) is 28.5. The maximum atomic E-state index is 12.2. The Morgan fingerprint density at radius 2 is 1.80 bits per heavy atom. The summed E-state index contributed by atoms with van der Waals surface area (Å²) in [6.07, 6.45) is 1.88. The highest BCUT2D eigenvalue weighted by Gasteiger charge is 2.17. The minimum Gasteiger partial charge on any atom is -0.465 e. The van der Waals surface area contributed by atoms with Crippen LogP contribution in [-0.4, -0.2) is 34.2 Å². The molecular weight excluding hydrogens is 440 g/mol. The van der Waals surface area contributed by atoms with Crippen LogP contribution in [0, 0.1) is 0 Å². The predicted molar refractivity (Wildman–Crippen MR) is 135 cm³/mol. The van der Waals surface area contributed by atoms with Gasteiger partial charge in [-0.2, -0.15) is 5.10 Å². The molecule has 4 aromatic rings. The molecule has 0 saturated carbocycles. The number of amides is 1. The number of carbonyl (C=O) groups is 2. The Bertz CT molecular complexity index is 1450. The van der Waals surface area contributed by atoms with Crippen molar-refractivity contribution in [3.05, 3.63) is 89.2 Å². The molecule has 35 heavy (non-hydrogen) atoms. The molecule has 1 aliphatic rings. The highest BCUT2D eigenvalue weighted by atomic mass is 16.5. The predicted octanol–water partition coefficient (Wildman–Crippen LogP) is 4.71. The number of rotatable bonds is 6. The number of hydrazone groups is 1. The molecule has 1 amide bonds. The molecule has 0 atom stereocenters. The number of carbonyl (C=O) groups excluding carboxylic acids is 2. The van der Waals surface area contributed by atoms with Gasteiger partial charge in [-0.1, -0.05) is 55.5 Å². The molecule has 1 aromatic heterocycles. The first kappa shape index (κ1) is 22.5. The minimum atomic E-state index is -0.347. The highest BCUT2D eigenvalue weighted by molar-refractivity contribution is 6.05. The number of hydrogen-bond donors (Lipinski definition) is 1. The van der Waals surface area contributed by atoms with Crippen LogP contribution < -0.4 is 5.43 Å². The Labute approximate surface area is 203 Å². The molecule has 7 heteroatoms. The second-order valence-corrected chi connectivity index (χ2v) is 8.50. The van der Waals surface area contributed by atoms with Crippen molar-refractivity contribution in [2.45, 2.75) is 32.7 Å². The van der Waals surface area contributed by atoms with Crippen LogP contribution in [0.1, 0.15) is 47.1 Å². The van der Waals surface area contributed by atoms with E-state index in [1.54, 1.807) is 6.07 Å². The second-order valence-electron chi connectivity index (χ2n) is 8.50. The molecule has 5 rings (SSSR count). The van der Waals surface area contributed by atoms with E-state index in [9.17, 15) is 9.59 Å². The maximum Gasteiger partial charge on any atom is 0.338 e. The Morgan fingerprint density at radius 3 is 2.51 bits per heavy atom. The van der Waals surface area contributed by atoms with Crippen molar-refractivity contribution in [3.63, 3.8) is 0 Å². The van der Waals surface area contributed by atoms with Crippen LogP contribution in [0.4, 0.5) is 0 Å². The zero-order valence-corrected chi connectivity index (χ0v) is 19.7. The third-order valence-corrected chi connectivity index (χ3v) is 6.32. The van der Waals surface area contributed by atoms with Gasteiger partial charge in [0.1, 0.15) is 5.82 Å². The fraction of sp³-hybridized carbons (Fsp3) is 0.214. The number of esters is 1. The summed E-state index contributed by atoms with van der Waals surface area (Å²) in [5.74, 6) is 0.613. The summed E-state index contributed by atoms with van der Waals surface area (Å²) in [7, 11) is 1.39. The van der Waals surface area contributed by atoms with Crippen LogP contribution in [0.5, 0.6) is 0 Å². The van der Waals surface area contributed by atoms with Crippen molar-refractivity contribution in [2.24, 2.45) is 5.10 Å². The van der Waals surface area contributed by atoms with Gasteiger partial charge >= 0.3 is 5.97 Å². The van der Waals surface area contributed by atoms with E-state index in [2.05, 4.69) is 40.2 Å². The lowest BCUT2D eigenvalue weighted by atomic mass is 9.98. The number of nitrogens with zero attached hydrogens (tertiary/aromatic N) is 3. The lowest BCUT2D eigenvalue weighted by Crippen LogP contribution is -2.25. The lowest BCUT2D eigenvalue weighted by Gasteiger charge is -2.13. The quantitative estimate of drug-likeness (QED) is 0.417. The van der Waals surface area contributed by atoms with E-state index in [1.165, 1.54) is 7.11 Å². The molecule has 2 heterocycles. The normalized spacial score (nSPS) is 13.4. The Morgan fingerprint density at radius 1 is 1.03 bits per heavy atom. The van der Waals surface area contributed by atoms with Gasteiger partial charge in [0.25, 0.3) is 0 Å². The minimum absolute atomic E-state index is 0.0502. The van der Waals surface area contributed by atoms with E-state index >= 15 is 0 Å². The van der Waals surface area contributed by atoms with Gasteiger partial charge in [0.15, 0.2) is 0 Å². The van der Waals surface area contributed by atoms with Crippen molar-refractivity contribution in [1.29, 1.82) is 0 Å². The Kier molecular flexibility index (Phi) is 6.14. The Hall–Kier alpha value is -4.26. The molecule has 0 spiro atoms. The second kappa shape index (κ2) is 9.54. The van der Waals surface area contributed by atoms with Gasteiger partial charge in [0, 0.05) is 25.8 Å². The summed E-state index contributed by atoms with van der Waals surface area (Å²) in [5, 5.41) is 4.25. The standard InChI is InChI=1S/C28H26N4O3/c1-3-26-29-24-13-12-20(23-14-15-27(33)31-30-23)16-25(24)32(26)17-18-8-10-19(11-9-18)21-6-4-5-7-22(21)28(34)35-2/h4-13,16H,3,14-15,17H2,1-2H3,(H,31,33). The van der Waals surface area contributed by atoms with Crippen LogP contribution >= 0.6 is 0 Å². The molecule has 176 valence electrons. The third-order valence-electron chi connectivity index (χ3n) is 6.32. The molecule has 7 nitrogen and oxygen atoms in total. The van der Waals surface area contributed by atoms with E-state index in [-0.39, 0.29) is 11.9 Å². The number of hydrogen-bond acceptors (Lipinski definition) is 5. The Balaban J connectivity index is 1.47. The van der Waals surface area contributed by atoms with Gasteiger partial charge in [-0.05, 0) is 40.5 Å².